The molecule has 0 bridgehead atoms. The van der Waals surface area contributed by atoms with Gasteiger partial charge in [-0.2, -0.15) is 10.4 Å². The van der Waals surface area contributed by atoms with E-state index in [1.165, 1.54) is 23.1 Å². The third-order valence-corrected chi connectivity index (χ3v) is 5.09. The Labute approximate surface area is 138 Å². The molecule has 3 rings (SSSR count). The maximum atomic E-state index is 12.4. The highest BCUT2D eigenvalue weighted by molar-refractivity contribution is 7.92. The van der Waals surface area contributed by atoms with E-state index < -0.39 is 10.0 Å². The summed E-state index contributed by atoms with van der Waals surface area (Å²) in [6.07, 6.45) is 4.57. The van der Waals surface area contributed by atoms with E-state index in [-0.39, 0.29) is 27.9 Å². The smallest absolute Gasteiger partial charge is 0.270 e. The Hall–Kier alpha value is -2.80. The van der Waals surface area contributed by atoms with Gasteiger partial charge in [0.25, 0.3) is 15.9 Å². The lowest BCUT2D eigenvalue weighted by molar-refractivity contribution is 0.0787. The van der Waals surface area contributed by atoms with E-state index in [2.05, 4.69) is 14.8 Å². The average molecular weight is 348 g/mol. The van der Waals surface area contributed by atoms with Crippen molar-refractivity contribution in [3.63, 3.8) is 0 Å². The fourth-order valence-electron chi connectivity index (χ4n) is 2.58. The zero-order chi connectivity index (χ0) is 17.3. The van der Waals surface area contributed by atoms with Gasteiger partial charge in [-0.3, -0.25) is 14.2 Å². The maximum Gasteiger partial charge on any atom is 0.270 e. The van der Waals surface area contributed by atoms with Gasteiger partial charge in [0.05, 0.1) is 0 Å². The molecule has 1 amide bonds. The van der Waals surface area contributed by atoms with Crippen LogP contribution in [0.1, 0.15) is 28.9 Å². The van der Waals surface area contributed by atoms with Gasteiger partial charge in [0, 0.05) is 32.5 Å². The standard InChI is InChI=1S/C14H16N6O3S/c1-19-9-10(7-15)13(17-19)18-24(22,23)11-6-12(16-8-11)14(21)20-4-2-3-5-20/h6,8-9,16H,2-5H2,1H3,(H,17,18). The second-order valence-corrected chi connectivity index (χ2v) is 7.21. The molecule has 9 nitrogen and oxygen atoms in total. The predicted molar refractivity (Wildman–Crippen MR) is 84.7 cm³/mol. The highest BCUT2D eigenvalue weighted by Gasteiger charge is 2.24. The third kappa shape index (κ3) is 2.98. The Morgan fingerprint density at radius 3 is 2.79 bits per heavy atom. The van der Waals surface area contributed by atoms with E-state index in [9.17, 15) is 13.2 Å². The van der Waals surface area contributed by atoms with Crippen molar-refractivity contribution in [2.75, 3.05) is 17.8 Å². The van der Waals surface area contributed by atoms with Gasteiger partial charge >= 0.3 is 0 Å². The number of likely N-dealkylation sites (tertiary alicyclic amines) is 1. The number of aromatic amines is 1. The fourth-order valence-corrected chi connectivity index (χ4v) is 3.59. The highest BCUT2D eigenvalue weighted by Crippen LogP contribution is 2.20. The van der Waals surface area contributed by atoms with Crippen molar-refractivity contribution in [3.8, 4) is 6.07 Å². The predicted octanol–water partition coefficient (Wildman–Crippen LogP) is 0.657. The number of hydrogen-bond acceptors (Lipinski definition) is 5. The molecule has 2 N–H and O–H groups in total. The van der Waals surface area contributed by atoms with Crippen LogP contribution in [0.2, 0.25) is 0 Å². The molecule has 1 saturated heterocycles. The van der Waals surface area contributed by atoms with Crippen LogP contribution in [0.3, 0.4) is 0 Å². The first-order chi connectivity index (χ1) is 11.4. The lowest BCUT2D eigenvalue weighted by Gasteiger charge is -2.13. The Bertz CT molecular complexity index is 915. The minimum atomic E-state index is -3.95. The van der Waals surface area contributed by atoms with Gasteiger partial charge in [-0.25, -0.2) is 8.42 Å². The summed E-state index contributed by atoms with van der Waals surface area (Å²) in [5.74, 6) is -0.266. The largest absolute Gasteiger partial charge is 0.356 e. The molecule has 0 saturated carbocycles. The number of rotatable bonds is 4. The summed E-state index contributed by atoms with van der Waals surface area (Å²) in [5.41, 5.74) is 0.337. The lowest BCUT2D eigenvalue weighted by atomic mass is 10.4. The number of nitrogens with one attached hydrogen (secondary N) is 2. The Morgan fingerprint density at radius 2 is 2.12 bits per heavy atom. The molecule has 3 heterocycles. The monoisotopic (exact) mass is 348 g/mol. The highest BCUT2D eigenvalue weighted by atomic mass is 32.2. The van der Waals surface area contributed by atoms with Crippen LogP contribution in [0, 0.1) is 11.3 Å². The van der Waals surface area contributed by atoms with E-state index >= 15 is 0 Å². The number of carbonyl (C=O) groups is 1. The summed E-state index contributed by atoms with van der Waals surface area (Å²) in [6, 6.07) is 3.16. The van der Waals surface area contributed by atoms with Gasteiger partial charge in [0.2, 0.25) is 0 Å². The summed E-state index contributed by atoms with van der Waals surface area (Å²) in [7, 11) is -2.36. The van der Waals surface area contributed by atoms with Gasteiger partial charge in [0.1, 0.15) is 22.2 Å². The maximum absolute atomic E-state index is 12.4. The Morgan fingerprint density at radius 1 is 1.42 bits per heavy atom. The zero-order valence-electron chi connectivity index (χ0n) is 13.0. The summed E-state index contributed by atoms with van der Waals surface area (Å²) in [5, 5.41) is 12.9. The van der Waals surface area contributed by atoms with Crippen LogP contribution < -0.4 is 4.72 Å². The molecule has 2 aromatic heterocycles. The second-order valence-electron chi connectivity index (χ2n) is 5.53. The van der Waals surface area contributed by atoms with E-state index in [1.807, 2.05) is 6.07 Å². The normalized spacial score (nSPS) is 14.6. The number of sulfonamides is 1. The van der Waals surface area contributed by atoms with E-state index in [4.69, 9.17) is 5.26 Å². The molecule has 0 unspecified atom stereocenters. The minimum absolute atomic E-state index is 0.0476. The molecule has 0 radical (unpaired) electrons. The van der Waals surface area contributed by atoms with Gasteiger partial charge in [-0.1, -0.05) is 0 Å². The van der Waals surface area contributed by atoms with Crippen molar-refractivity contribution in [2.45, 2.75) is 17.7 Å². The molecule has 24 heavy (non-hydrogen) atoms. The van der Waals surface area contributed by atoms with Gasteiger partial charge in [0.15, 0.2) is 5.82 Å². The molecule has 0 spiro atoms. The zero-order valence-corrected chi connectivity index (χ0v) is 13.8. The van der Waals surface area contributed by atoms with Crippen LogP contribution in [0.4, 0.5) is 5.82 Å². The lowest BCUT2D eigenvalue weighted by Crippen LogP contribution is -2.27. The molecule has 1 aliphatic heterocycles. The van der Waals surface area contributed by atoms with Gasteiger partial charge < -0.3 is 9.88 Å². The first kappa shape index (κ1) is 16.1. The van der Waals surface area contributed by atoms with Crippen molar-refractivity contribution < 1.29 is 13.2 Å². The number of aryl methyl sites for hydroxylation is 1. The summed E-state index contributed by atoms with van der Waals surface area (Å²) < 4.78 is 28.5. The van der Waals surface area contributed by atoms with Gasteiger partial charge in [-0.05, 0) is 18.9 Å². The van der Waals surface area contributed by atoms with Crippen molar-refractivity contribution in [3.05, 3.63) is 29.7 Å². The summed E-state index contributed by atoms with van der Waals surface area (Å²) in [6.45, 7) is 1.36. The fraction of sp³-hybridized carbons (Fsp3) is 0.357. The second kappa shape index (κ2) is 6.01. The molecule has 0 atom stereocenters. The number of carbonyl (C=O) groups excluding carboxylic acids is 1. The van der Waals surface area contributed by atoms with Crippen LogP contribution >= 0.6 is 0 Å². The average Bonchev–Trinajstić information content (AvgIpc) is 3.27. The Kier molecular flexibility index (Phi) is 4.02. The van der Waals surface area contributed by atoms with E-state index in [1.54, 1.807) is 11.9 Å². The SMILES string of the molecule is Cn1cc(C#N)c(NS(=O)(=O)c2c[nH]c(C(=O)N3CCCC3)c2)n1. The molecule has 1 fully saturated rings. The van der Waals surface area contributed by atoms with Crippen molar-refractivity contribution in [1.29, 1.82) is 5.26 Å². The van der Waals surface area contributed by atoms with Crippen LogP contribution in [-0.4, -0.2) is 47.1 Å². The molecule has 0 aliphatic carbocycles. The van der Waals surface area contributed by atoms with E-state index in [0.29, 0.717) is 13.1 Å². The first-order valence-corrected chi connectivity index (χ1v) is 8.83. The number of anilines is 1. The van der Waals surface area contributed by atoms with E-state index in [0.717, 1.165) is 12.8 Å². The molecule has 2 aromatic rings. The van der Waals surface area contributed by atoms with Crippen LogP contribution in [0.25, 0.3) is 0 Å². The van der Waals surface area contributed by atoms with Gasteiger partial charge in [-0.15, -0.1) is 0 Å². The van der Waals surface area contributed by atoms with Crippen LogP contribution in [0.5, 0.6) is 0 Å². The molecule has 0 aromatic carbocycles. The molecule has 126 valence electrons. The number of aromatic nitrogens is 3. The van der Waals surface area contributed by atoms with Crippen LogP contribution in [0.15, 0.2) is 23.4 Å². The third-order valence-electron chi connectivity index (χ3n) is 3.77. The van der Waals surface area contributed by atoms with Crippen molar-refractivity contribution in [2.24, 2.45) is 7.05 Å². The number of nitrogens with zero attached hydrogens (tertiary/aromatic N) is 4. The number of amides is 1. The van der Waals surface area contributed by atoms with Crippen molar-refractivity contribution >= 4 is 21.7 Å². The Balaban J connectivity index is 1.83. The summed E-state index contributed by atoms with van der Waals surface area (Å²) >= 11 is 0. The van der Waals surface area contributed by atoms with Crippen molar-refractivity contribution in [1.82, 2.24) is 19.7 Å². The quantitative estimate of drug-likeness (QED) is 0.840. The molecule has 1 aliphatic rings. The minimum Gasteiger partial charge on any atom is -0.356 e. The topological polar surface area (TPSA) is 124 Å². The number of hydrogen-bond donors (Lipinski definition) is 2. The first-order valence-electron chi connectivity index (χ1n) is 7.35. The number of nitriles is 1. The number of H-pyrrole nitrogens is 1. The molecule has 10 heteroatoms. The molecular weight excluding hydrogens is 332 g/mol. The van der Waals surface area contributed by atoms with Crippen LogP contribution in [-0.2, 0) is 17.1 Å². The molecular formula is C14H16N6O3S. The summed E-state index contributed by atoms with van der Waals surface area (Å²) in [4.78, 5) is 16.6.